The van der Waals surface area contributed by atoms with Gasteiger partial charge in [0.05, 0.1) is 6.10 Å². The first-order chi connectivity index (χ1) is 10.8. The van der Waals surface area contributed by atoms with Crippen LogP contribution in [0.25, 0.3) is 0 Å². The summed E-state index contributed by atoms with van der Waals surface area (Å²) in [5, 5.41) is 16.9. The molecule has 1 aliphatic heterocycles. The van der Waals surface area contributed by atoms with Crippen LogP contribution in [0.15, 0.2) is 4.99 Å². The van der Waals surface area contributed by atoms with Crippen LogP contribution in [-0.4, -0.2) is 60.3 Å². The lowest BCUT2D eigenvalue weighted by Crippen LogP contribution is -2.49. The number of aliphatic hydroxyl groups is 1. The predicted molar refractivity (Wildman–Crippen MR) is 105 cm³/mol. The van der Waals surface area contributed by atoms with Crippen LogP contribution in [0.4, 0.5) is 0 Å². The summed E-state index contributed by atoms with van der Waals surface area (Å²) in [5.41, 5.74) is 0. The summed E-state index contributed by atoms with van der Waals surface area (Å²) >= 11 is 0. The monoisotopic (exact) mass is 436 g/mol. The highest BCUT2D eigenvalue weighted by molar-refractivity contribution is 14.0. The average Bonchev–Trinajstić information content (AvgIpc) is 3.29. The molecule has 3 N–H and O–H groups in total. The van der Waals surface area contributed by atoms with E-state index in [1.807, 2.05) is 0 Å². The SMILES string of the molecule is CCNC(=NCC1CCCC1O)NC1CCN(C2CC2)CC1.I. The van der Waals surface area contributed by atoms with E-state index in [2.05, 4.69) is 22.5 Å². The summed E-state index contributed by atoms with van der Waals surface area (Å²) in [5.74, 6) is 1.29. The second-order valence-corrected chi connectivity index (χ2v) is 7.16. The van der Waals surface area contributed by atoms with Gasteiger partial charge in [0.2, 0.25) is 0 Å². The number of rotatable bonds is 5. The van der Waals surface area contributed by atoms with Crippen molar-refractivity contribution in [1.82, 2.24) is 15.5 Å². The van der Waals surface area contributed by atoms with Gasteiger partial charge in [-0.05, 0) is 45.4 Å². The Morgan fingerprint density at radius 1 is 1.13 bits per heavy atom. The number of aliphatic hydroxyl groups excluding tert-OH is 1. The van der Waals surface area contributed by atoms with Crippen molar-refractivity contribution >= 4 is 29.9 Å². The van der Waals surface area contributed by atoms with Crippen molar-refractivity contribution in [1.29, 1.82) is 0 Å². The van der Waals surface area contributed by atoms with Crippen LogP contribution >= 0.6 is 24.0 Å². The zero-order chi connectivity index (χ0) is 15.4. The average molecular weight is 436 g/mol. The molecule has 3 aliphatic rings. The van der Waals surface area contributed by atoms with Crippen LogP contribution in [0.3, 0.4) is 0 Å². The molecule has 134 valence electrons. The standard InChI is InChI=1S/C17H32N4O.HI/c1-2-18-17(19-12-13-4-3-5-16(13)22)20-14-8-10-21(11-9-14)15-6-7-15;/h13-16,22H,2-12H2,1H3,(H2,18,19,20);1H. The Balaban J connectivity index is 0.00000192. The van der Waals surface area contributed by atoms with E-state index in [0.29, 0.717) is 12.0 Å². The minimum Gasteiger partial charge on any atom is -0.393 e. The molecule has 0 amide bonds. The summed E-state index contributed by atoms with van der Waals surface area (Å²) in [6.45, 7) is 6.20. The van der Waals surface area contributed by atoms with E-state index in [0.717, 1.165) is 44.4 Å². The zero-order valence-electron chi connectivity index (χ0n) is 14.3. The Bertz CT molecular complexity index is 381. The molecule has 2 atom stereocenters. The maximum absolute atomic E-state index is 9.92. The molecular weight excluding hydrogens is 403 g/mol. The largest absolute Gasteiger partial charge is 0.393 e. The van der Waals surface area contributed by atoms with E-state index in [9.17, 15) is 5.11 Å². The fourth-order valence-electron chi connectivity index (χ4n) is 3.80. The lowest BCUT2D eigenvalue weighted by Gasteiger charge is -2.33. The Kier molecular flexibility index (Phi) is 7.88. The lowest BCUT2D eigenvalue weighted by atomic mass is 10.1. The molecule has 2 unspecified atom stereocenters. The second-order valence-electron chi connectivity index (χ2n) is 7.16. The highest BCUT2D eigenvalue weighted by Gasteiger charge is 2.32. The molecule has 0 aromatic rings. The van der Waals surface area contributed by atoms with Crippen molar-refractivity contribution in [3.05, 3.63) is 0 Å². The maximum atomic E-state index is 9.92. The van der Waals surface area contributed by atoms with Crippen LogP contribution in [0, 0.1) is 5.92 Å². The number of halogens is 1. The van der Waals surface area contributed by atoms with Crippen LogP contribution in [0.1, 0.15) is 51.9 Å². The minimum atomic E-state index is -0.145. The fourth-order valence-corrected chi connectivity index (χ4v) is 3.80. The number of hydrogen-bond acceptors (Lipinski definition) is 3. The first kappa shape index (κ1) is 19.2. The molecule has 0 aromatic carbocycles. The van der Waals surface area contributed by atoms with Crippen molar-refractivity contribution in [3.63, 3.8) is 0 Å². The first-order valence-electron chi connectivity index (χ1n) is 9.23. The summed E-state index contributed by atoms with van der Waals surface area (Å²) in [7, 11) is 0. The number of piperidine rings is 1. The van der Waals surface area contributed by atoms with Crippen molar-refractivity contribution in [2.75, 3.05) is 26.2 Å². The molecule has 23 heavy (non-hydrogen) atoms. The Labute approximate surface area is 157 Å². The molecule has 3 fully saturated rings. The molecule has 2 saturated carbocycles. The van der Waals surface area contributed by atoms with Crippen LogP contribution in [0.5, 0.6) is 0 Å². The Morgan fingerprint density at radius 2 is 1.87 bits per heavy atom. The number of likely N-dealkylation sites (tertiary alicyclic amines) is 1. The van der Waals surface area contributed by atoms with E-state index in [1.54, 1.807) is 0 Å². The molecule has 0 aromatic heterocycles. The van der Waals surface area contributed by atoms with E-state index >= 15 is 0 Å². The summed E-state index contributed by atoms with van der Waals surface area (Å²) in [4.78, 5) is 7.38. The van der Waals surface area contributed by atoms with Crippen molar-refractivity contribution in [2.45, 2.75) is 70.1 Å². The second kappa shape index (κ2) is 9.42. The molecule has 0 spiro atoms. The van der Waals surface area contributed by atoms with Gasteiger partial charge in [0.25, 0.3) is 0 Å². The minimum absolute atomic E-state index is 0. The Morgan fingerprint density at radius 3 is 2.43 bits per heavy atom. The highest BCUT2D eigenvalue weighted by Crippen LogP contribution is 2.29. The zero-order valence-corrected chi connectivity index (χ0v) is 16.7. The van der Waals surface area contributed by atoms with Gasteiger partial charge < -0.3 is 20.6 Å². The van der Waals surface area contributed by atoms with Crippen LogP contribution in [-0.2, 0) is 0 Å². The summed E-state index contributed by atoms with van der Waals surface area (Å²) in [6.07, 6.45) is 8.31. The normalized spacial score (nSPS) is 30.1. The van der Waals surface area contributed by atoms with Gasteiger partial charge >= 0.3 is 0 Å². The van der Waals surface area contributed by atoms with Gasteiger partial charge in [0.1, 0.15) is 0 Å². The number of nitrogens with one attached hydrogen (secondary N) is 2. The fraction of sp³-hybridized carbons (Fsp3) is 0.941. The van der Waals surface area contributed by atoms with Gasteiger partial charge in [-0.15, -0.1) is 24.0 Å². The van der Waals surface area contributed by atoms with Gasteiger partial charge in [0, 0.05) is 44.2 Å². The lowest BCUT2D eigenvalue weighted by molar-refractivity contribution is 0.136. The smallest absolute Gasteiger partial charge is 0.191 e. The van der Waals surface area contributed by atoms with Crippen molar-refractivity contribution < 1.29 is 5.11 Å². The molecular formula is C17H33IN4O. The van der Waals surface area contributed by atoms with Crippen molar-refractivity contribution in [3.8, 4) is 0 Å². The third-order valence-electron chi connectivity index (χ3n) is 5.38. The third kappa shape index (κ3) is 5.74. The quantitative estimate of drug-likeness (QED) is 0.350. The molecule has 0 radical (unpaired) electrons. The molecule has 1 saturated heterocycles. The number of nitrogens with zero attached hydrogens (tertiary/aromatic N) is 2. The maximum Gasteiger partial charge on any atom is 0.191 e. The predicted octanol–water partition coefficient (Wildman–Crippen LogP) is 1.95. The summed E-state index contributed by atoms with van der Waals surface area (Å²) in [6, 6.07) is 1.44. The molecule has 2 aliphatic carbocycles. The molecule has 1 heterocycles. The van der Waals surface area contributed by atoms with Crippen LogP contribution < -0.4 is 10.6 Å². The van der Waals surface area contributed by atoms with E-state index in [1.165, 1.54) is 38.8 Å². The van der Waals surface area contributed by atoms with Gasteiger partial charge in [-0.25, -0.2) is 0 Å². The number of hydrogen-bond donors (Lipinski definition) is 3. The highest BCUT2D eigenvalue weighted by atomic mass is 127. The molecule has 3 rings (SSSR count). The van der Waals surface area contributed by atoms with Gasteiger partial charge in [0.15, 0.2) is 5.96 Å². The number of aliphatic imine (C=N–C) groups is 1. The van der Waals surface area contributed by atoms with E-state index in [-0.39, 0.29) is 30.1 Å². The van der Waals surface area contributed by atoms with E-state index in [4.69, 9.17) is 4.99 Å². The number of guanidine groups is 1. The van der Waals surface area contributed by atoms with E-state index < -0.39 is 0 Å². The Hall–Kier alpha value is -0.0800. The molecule has 5 nitrogen and oxygen atoms in total. The topological polar surface area (TPSA) is 59.9 Å². The van der Waals surface area contributed by atoms with Crippen LogP contribution in [0.2, 0.25) is 0 Å². The van der Waals surface area contributed by atoms with Gasteiger partial charge in [-0.3, -0.25) is 4.99 Å². The van der Waals surface area contributed by atoms with Gasteiger partial charge in [-0.1, -0.05) is 6.42 Å². The first-order valence-corrected chi connectivity index (χ1v) is 9.23. The molecule has 0 bridgehead atoms. The van der Waals surface area contributed by atoms with Crippen molar-refractivity contribution in [2.24, 2.45) is 10.9 Å². The summed E-state index contributed by atoms with van der Waals surface area (Å²) < 4.78 is 0. The molecule has 6 heteroatoms. The third-order valence-corrected chi connectivity index (χ3v) is 5.38. The van der Waals surface area contributed by atoms with Gasteiger partial charge in [-0.2, -0.15) is 0 Å².